The molecule has 0 aromatic heterocycles. The summed E-state index contributed by atoms with van der Waals surface area (Å²) in [6, 6.07) is 0.645. The van der Waals surface area contributed by atoms with Crippen LogP contribution in [0.15, 0.2) is 0 Å². The van der Waals surface area contributed by atoms with Crippen LogP contribution in [0.2, 0.25) is 0 Å². The fourth-order valence-electron chi connectivity index (χ4n) is 1.83. The van der Waals surface area contributed by atoms with Gasteiger partial charge in [-0.2, -0.15) is 5.06 Å². The average Bonchev–Trinajstić information content (AvgIpc) is 2.58. The summed E-state index contributed by atoms with van der Waals surface area (Å²) < 4.78 is 0. The number of hydrogen-bond donors (Lipinski definition) is 1. The van der Waals surface area contributed by atoms with Gasteiger partial charge in [0.05, 0.1) is 6.61 Å². The van der Waals surface area contributed by atoms with E-state index in [1.807, 2.05) is 0 Å². The predicted molar refractivity (Wildman–Crippen MR) is 43.2 cm³/mol. The van der Waals surface area contributed by atoms with Crippen LogP contribution in [0.1, 0.15) is 19.3 Å². The van der Waals surface area contributed by atoms with Crippen LogP contribution in [0, 0.1) is 0 Å². The summed E-state index contributed by atoms with van der Waals surface area (Å²) in [5.41, 5.74) is 0. The molecule has 0 saturated carbocycles. The Kier molecular flexibility index (Phi) is 2.41. The fourth-order valence-corrected chi connectivity index (χ4v) is 1.83. The summed E-state index contributed by atoms with van der Waals surface area (Å²) in [5.74, 6) is 0. The Morgan fingerprint density at radius 2 is 2.36 bits per heavy atom. The summed E-state index contributed by atoms with van der Waals surface area (Å²) >= 11 is 0. The van der Waals surface area contributed by atoms with Gasteiger partial charge in [0.2, 0.25) is 0 Å². The zero-order valence-electron chi connectivity index (χ0n) is 6.88. The zero-order chi connectivity index (χ0) is 7.52. The second kappa shape index (κ2) is 3.52. The monoisotopic (exact) mass is 156 g/mol. The van der Waals surface area contributed by atoms with Crippen LogP contribution in [-0.4, -0.2) is 37.3 Å². The van der Waals surface area contributed by atoms with E-state index in [1.165, 1.54) is 25.8 Å². The molecule has 2 rings (SSSR count). The highest BCUT2D eigenvalue weighted by molar-refractivity contribution is 4.75. The molecule has 0 spiro atoms. The van der Waals surface area contributed by atoms with Crippen LogP contribution < -0.4 is 5.32 Å². The quantitative estimate of drug-likeness (QED) is 0.594. The third-order valence-corrected chi connectivity index (χ3v) is 2.46. The van der Waals surface area contributed by atoms with Crippen molar-refractivity contribution in [3.8, 4) is 0 Å². The Labute approximate surface area is 67.7 Å². The maximum absolute atomic E-state index is 5.49. The molecule has 2 aliphatic rings. The van der Waals surface area contributed by atoms with Crippen molar-refractivity contribution in [3.63, 3.8) is 0 Å². The standard InChI is InChI=1S/C8H16N2O/c1-3-8(7-9-4-1)10-5-2-6-11-10/h8-9H,1-7H2. The smallest absolute Gasteiger partial charge is 0.0698 e. The Morgan fingerprint density at radius 3 is 3.00 bits per heavy atom. The molecule has 11 heavy (non-hydrogen) atoms. The molecule has 0 aromatic rings. The lowest BCUT2D eigenvalue weighted by molar-refractivity contribution is -0.144. The van der Waals surface area contributed by atoms with Crippen molar-refractivity contribution in [2.45, 2.75) is 25.3 Å². The molecule has 2 fully saturated rings. The van der Waals surface area contributed by atoms with Crippen LogP contribution in [0.25, 0.3) is 0 Å². The molecule has 64 valence electrons. The van der Waals surface area contributed by atoms with E-state index in [0.29, 0.717) is 6.04 Å². The summed E-state index contributed by atoms with van der Waals surface area (Å²) in [6.07, 6.45) is 3.80. The molecule has 1 unspecified atom stereocenters. The molecular weight excluding hydrogens is 140 g/mol. The van der Waals surface area contributed by atoms with Crippen LogP contribution >= 0.6 is 0 Å². The van der Waals surface area contributed by atoms with Crippen LogP contribution in [0.3, 0.4) is 0 Å². The number of nitrogens with zero attached hydrogens (tertiary/aromatic N) is 1. The Bertz CT molecular complexity index is 117. The summed E-state index contributed by atoms with van der Waals surface area (Å²) in [4.78, 5) is 5.49. The number of nitrogens with one attached hydrogen (secondary N) is 1. The van der Waals surface area contributed by atoms with Crippen molar-refractivity contribution >= 4 is 0 Å². The lowest BCUT2D eigenvalue weighted by Crippen LogP contribution is -2.44. The lowest BCUT2D eigenvalue weighted by atomic mass is 10.1. The molecule has 3 nitrogen and oxygen atoms in total. The van der Waals surface area contributed by atoms with Gasteiger partial charge in [-0.25, -0.2) is 0 Å². The van der Waals surface area contributed by atoms with Gasteiger partial charge in [0.25, 0.3) is 0 Å². The van der Waals surface area contributed by atoms with Gasteiger partial charge >= 0.3 is 0 Å². The number of piperidine rings is 1. The summed E-state index contributed by atoms with van der Waals surface area (Å²) in [7, 11) is 0. The third-order valence-electron chi connectivity index (χ3n) is 2.46. The highest BCUT2D eigenvalue weighted by Gasteiger charge is 2.24. The maximum Gasteiger partial charge on any atom is 0.0698 e. The largest absolute Gasteiger partial charge is 0.315 e. The van der Waals surface area contributed by atoms with Crippen LogP contribution in [0.4, 0.5) is 0 Å². The normalized spacial score (nSPS) is 34.4. The van der Waals surface area contributed by atoms with Gasteiger partial charge in [-0.1, -0.05) is 0 Å². The second-order valence-electron chi connectivity index (χ2n) is 3.33. The van der Waals surface area contributed by atoms with Crippen molar-refractivity contribution in [3.05, 3.63) is 0 Å². The molecule has 0 aromatic carbocycles. The summed E-state index contributed by atoms with van der Waals surface area (Å²) in [5, 5.41) is 5.55. The molecule has 2 aliphatic heterocycles. The van der Waals surface area contributed by atoms with E-state index in [1.54, 1.807) is 0 Å². The predicted octanol–water partition coefficient (Wildman–Crippen LogP) is 0.376. The van der Waals surface area contributed by atoms with E-state index in [0.717, 1.165) is 19.7 Å². The van der Waals surface area contributed by atoms with Gasteiger partial charge in [-0.05, 0) is 25.8 Å². The Balaban J connectivity index is 1.82. The molecule has 0 amide bonds. The number of hydrogen-bond acceptors (Lipinski definition) is 3. The minimum Gasteiger partial charge on any atom is -0.315 e. The van der Waals surface area contributed by atoms with E-state index in [2.05, 4.69) is 10.4 Å². The Hall–Kier alpha value is -0.120. The first-order valence-electron chi connectivity index (χ1n) is 4.57. The van der Waals surface area contributed by atoms with Crippen LogP contribution in [-0.2, 0) is 4.84 Å². The van der Waals surface area contributed by atoms with Gasteiger partial charge in [-0.3, -0.25) is 4.84 Å². The van der Waals surface area contributed by atoms with Crippen molar-refractivity contribution in [2.24, 2.45) is 0 Å². The van der Waals surface area contributed by atoms with Gasteiger partial charge in [-0.15, -0.1) is 0 Å². The summed E-state index contributed by atoms with van der Waals surface area (Å²) in [6.45, 7) is 4.35. The SMILES string of the molecule is C1CNCC(N2CCCO2)C1. The van der Waals surface area contributed by atoms with Crippen LogP contribution in [0.5, 0.6) is 0 Å². The molecule has 0 radical (unpaired) electrons. The number of rotatable bonds is 1. The number of hydroxylamine groups is 2. The van der Waals surface area contributed by atoms with E-state index < -0.39 is 0 Å². The molecule has 0 aliphatic carbocycles. The first-order chi connectivity index (χ1) is 5.47. The Morgan fingerprint density at radius 1 is 1.36 bits per heavy atom. The van der Waals surface area contributed by atoms with E-state index in [4.69, 9.17) is 4.84 Å². The molecule has 1 N–H and O–H groups in total. The first kappa shape index (κ1) is 7.53. The molecule has 0 bridgehead atoms. The van der Waals surface area contributed by atoms with E-state index >= 15 is 0 Å². The van der Waals surface area contributed by atoms with E-state index in [9.17, 15) is 0 Å². The zero-order valence-corrected chi connectivity index (χ0v) is 6.88. The first-order valence-corrected chi connectivity index (χ1v) is 4.57. The minimum atomic E-state index is 0.645. The lowest BCUT2D eigenvalue weighted by Gasteiger charge is -2.29. The highest BCUT2D eigenvalue weighted by atomic mass is 16.7. The average molecular weight is 156 g/mol. The molecule has 3 heteroatoms. The molecule has 2 heterocycles. The minimum absolute atomic E-state index is 0.645. The van der Waals surface area contributed by atoms with Gasteiger partial charge in [0, 0.05) is 19.1 Å². The highest BCUT2D eigenvalue weighted by Crippen LogP contribution is 2.15. The fraction of sp³-hybridized carbons (Fsp3) is 1.00. The molecule has 1 atom stereocenters. The third kappa shape index (κ3) is 1.72. The van der Waals surface area contributed by atoms with Crippen molar-refractivity contribution < 1.29 is 4.84 Å². The topological polar surface area (TPSA) is 24.5 Å². The maximum atomic E-state index is 5.49. The van der Waals surface area contributed by atoms with Crippen molar-refractivity contribution in [1.82, 2.24) is 10.4 Å². The van der Waals surface area contributed by atoms with Gasteiger partial charge in [0.1, 0.15) is 0 Å². The van der Waals surface area contributed by atoms with Gasteiger partial charge < -0.3 is 5.32 Å². The van der Waals surface area contributed by atoms with E-state index in [-0.39, 0.29) is 0 Å². The second-order valence-corrected chi connectivity index (χ2v) is 3.33. The molecule has 2 saturated heterocycles. The molecular formula is C8H16N2O. The van der Waals surface area contributed by atoms with Gasteiger partial charge in [0.15, 0.2) is 0 Å². The van der Waals surface area contributed by atoms with Crippen molar-refractivity contribution in [1.29, 1.82) is 0 Å². The van der Waals surface area contributed by atoms with Crippen molar-refractivity contribution in [2.75, 3.05) is 26.2 Å².